The van der Waals surface area contributed by atoms with Gasteiger partial charge in [-0.2, -0.15) is 0 Å². The van der Waals surface area contributed by atoms with Gasteiger partial charge < -0.3 is 20.1 Å². The zero-order chi connectivity index (χ0) is 23.8. The van der Waals surface area contributed by atoms with Crippen molar-refractivity contribution in [2.24, 2.45) is 11.3 Å². The first-order valence-electron chi connectivity index (χ1n) is 11.3. The number of carbonyl (C=O) groups is 3. The molecule has 1 saturated heterocycles. The van der Waals surface area contributed by atoms with E-state index in [0.29, 0.717) is 13.1 Å². The van der Waals surface area contributed by atoms with Crippen molar-refractivity contribution >= 4 is 18.0 Å². The first-order chi connectivity index (χ1) is 15.6. The molecule has 1 heterocycles. The zero-order valence-electron chi connectivity index (χ0n) is 19.2. The molecule has 2 N–H and O–H groups in total. The number of carboxylic acids is 1. The molecule has 0 bridgehead atoms. The highest BCUT2D eigenvalue weighted by molar-refractivity contribution is 5.87. The molecule has 0 radical (unpaired) electrons. The van der Waals surface area contributed by atoms with E-state index in [2.05, 4.69) is 29.6 Å². The summed E-state index contributed by atoms with van der Waals surface area (Å²) in [6, 6.07) is 15.5. The number of likely N-dealkylation sites (tertiary alicyclic amines) is 1. The fourth-order valence-corrected chi connectivity index (χ4v) is 4.72. The van der Waals surface area contributed by atoms with Gasteiger partial charge in [0.25, 0.3) is 0 Å². The van der Waals surface area contributed by atoms with Gasteiger partial charge in [-0.05, 0) is 27.7 Å². The number of aliphatic carboxylic acids is 1. The van der Waals surface area contributed by atoms with Crippen molar-refractivity contribution in [3.05, 3.63) is 59.7 Å². The largest absolute Gasteiger partial charge is 0.481 e. The highest BCUT2D eigenvalue weighted by atomic mass is 16.5. The number of carboxylic acid groups (broad SMARTS) is 1. The van der Waals surface area contributed by atoms with Crippen LogP contribution < -0.4 is 5.32 Å². The summed E-state index contributed by atoms with van der Waals surface area (Å²) in [5.41, 5.74) is 4.03. The Hall–Kier alpha value is -3.35. The molecule has 1 atom stereocenters. The molecule has 0 saturated carbocycles. The second-order valence-electron chi connectivity index (χ2n) is 9.98. The second kappa shape index (κ2) is 8.89. The van der Waals surface area contributed by atoms with Crippen molar-refractivity contribution in [1.29, 1.82) is 0 Å². The Balaban J connectivity index is 1.40. The lowest BCUT2D eigenvalue weighted by atomic mass is 9.84. The Morgan fingerprint density at radius 2 is 1.58 bits per heavy atom. The molecule has 2 aliphatic rings. The number of nitrogens with zero attached hydrogens (tertiary/aromatic N) is 1. The van der Waals surface area contributed by atoms with Crippen LogP contribution in [0.2, 0.25) is 0 Å². The summed E-state index contributed by atoms with van der Waals surface area (Å²) in [5.74, 6) is -1.17. The number of benzene rings is 2. The lowest BCUT2D eigenvalue weighted by molar-refractivity contribution is -0.147. The van der Waals surface area contributed by atoms with Gasteiger partial charge in [-0.25, -0.2) is 4.79 Å². The first-order valence-corrected chi connectivity index (χ1v) is 11.3. The van der Waals surface area contributed by atoms with Crippen molar-refractivity contribution < 1.29 is 24.2 Å². The topological polar surface area (TPSA) is 95.9 Å². The van der Waals surface area contributed by atoms with Gasteiger partial charge in [0.2, 0.25) is 5.91 Å². The Labute approximate surface area is 193 Å². The Morgan fingerprint density at radius 1 is 1.03 bits per heavy atom. The van der Waals surface area contributed by atoms with Crippen molar-refractivity contribution in [3.8, 4) is 11.1 Å². The van der Waals surface area contributed by atoms with E-state index >= 15 is 0 Å². The van der Waals surface area contributed by atoms with Gasteiger partial charge in [-0.1, -0.05) is 69.3 Å². The third-order valence-electron chi connectivity index (χ3n) is 6.45. The molecule has 1 fully saturated rings. The van der Waals surface area contributed by atoms with Gasteiger partial charge in [0.15, 0.2) is 0 Å². The third kappa shape index (κ3) is 4.72. The van der Waals surface area contributed by atoms with E-state index in [1.807, 2.05) is 45.0 Å². The quantitative estimate of drug-likeness (QED) is 0.697. The molecule has 33 heavy (non-hydrogen) atoms. The van der Waals surface area contributed by atoms with E-state index < -0.39 is 23.5 Å². The minimum absolute atomic E-state index is 0.0403. The van der Waals surface area contributed by atoms with E-state index in [-0.39, 0.29) is 30.8 Å². The van der Waals surface area contributed by atoms with Gasteiger partial charge >= 0.3 is 12.1 Å². The molecule has 4 rings (SSSR count). The number of rotatable bonds is 6. The van der Waals surface area contributed by atoms with Gasteiger partial charge in [0.1, 0.15) is 12.6 Å². The molecule has 2 aromatic rings. The van der Waals surface area contributed by atoms with E-state index in [4.69, 9.17) is 9.84 Å². The summed E-state index contributed by atoms with van der Waals surface area (Å²) in [5, 5.41) is 11.7. The number of nitrogens with one attached hydrogen (secondary N) is 1. The number of carbonyl (C=O) groups excluding carboxylic acids is 2. The van der Waals surface area contributed by atoms with Crippen LogP contribution in [0, 0.1) is 11.3 Å². The van der Waals surface area contributed by atoms with Gasteiger partial charge in [0, 0.05) is 24.9 Å². The third-order valence-corrected chi connectivity index (χ3v) is 6.45. The van der Waals surface area contributed by atoms with Gasteiger partial charge in [-0.3, -0.25) is 9.59 Å². The van der Waals surface area contributed by atoms with E-state index in [1.54, 1.807) is 4.90 Å². The van der Waals surface area contributed by atoms with Crippen LogP contribution in [0.4, 0.5) is 4.79 Å². The predicted octanol–water partition coefficient (Wildman–Crippen LogP) is 3.87. The van der Waals surface area contributed by atoms with Crippen molar-refractivity contribution in [2.75, 3.05) is 19.7 Å². The second-order valence-corrected chi connectivity index (χ2v) is 9.98. The molecule has 0 spiro atoms. The van der Waals surface area contributed by atoms with Crippen LogP contribution in [0.25, 0.3) is 11.1 Å². The maximum atomic E-state index is 13.0. The van der Waals surface area contributed by atoms with Crippen LogP contribution >= 0.6 is 0 Å². The van der Waals surface area contributed by atoms with E-state index in [0.717, 1.165) is 22.3 Å². The molecule has 1 aliphatic heterocycles. The Kier molecular flexibility index (Phi) is 6.15. The molecule has 7 nitrogen and oxygen atoms in total. The molecule has 0 aromatic heterocycles. The summed E-state index contributed by atoms with van der Waals surface area (Å²) in [4.78, 5) is 38.3. The van der Waals surface area contributed by atoms with Crippen LogP contribution in [-0.4, -0.2) is 53.7 Å². The highest BCUT2D eigenvalue weighted by Gasteiger charge is 2.41. The van der Waals surface area contributed by atoms with Crippen LogP contribution in [0.3, 0.4) is 0 Å². The highest BCUT2D eigenvalue weighted by Crippen LogP contribution is 2.44. The van der Waals surface area contributed by atoms with Gasteiger partial charge in [-0.15, -0.1) is 0 Å². The molecule has 7 heteroatoms. The first kappa shape index (κ1) is 22.8. The average Bonchev–Trinajstić information content (AvgIpc) is 3.05. The molecule has 1 aliphatic carbocycles. The fraction of sp³-hybridized carbons (Fsp3) is 0.423. The maximum absolute atomic E-state index is 13.0. The van der Waals surface area contributed by atoms with Crippen LogP contribution in [0.5, 0.6) is 0 Å². The van der Waals surface area contributed by atoms with Crippen molar-refractivity contribution in [2.45, 2.75) is 39.2 Å². The van der Waals surface area contributed by atoms with Crippen LogP contribution in [0.15, 0.2) is 48.5 Å². The minimum atomic E-state index is -0.865. The average molecular weight is 451 g/mol. The normalized spacial score (nSPS) is 16.4. The number of fused-ring (bicyclic) bond motifs is 3. The van der Waals surface area contributed by atoms with Crippen molar-refractivity contribution in [3.63, 3.8) is 0 Å². The Bertz CT molecular complexity index is 1020. The summed E-state index contributed by atoms with van der Waals surface area (Å²) < 4.78 is 5.62. The number of hydrogen-bond donors (Lipinski definition) is 2. The monoisotopic (exact) mass is 450 g/mol. The van der Waals surface area contributed by atoms with E-state index in [9.17, 15) is 14.4 Å². The summed E-state index contributed by atoms with van der Waals surface area (Å²) in [6.45, 7) is 6.61. The molecular formula is C26H30N2O5. The van der Waals surface area contributed by atoms with Crippen LogP contribution in [-0.2, 0) is 14.3 Å². The van der Waals surface area contributed by atoms with E-state index in [1.165, 1.54) is 0 Å². The fourth-order valence-electron chi connectivity index (χ4n) is 4.72. The molecule has 2 aromatic carbocycles. The molecular weight excluding hydrogens is 420 g/mol. The van der Waals surface area contributed by atoms with Crippen LogP contribution in [0.1, 0.15) is 44.2 Å². The lowest BCUT2D eigenvalue weighted by Crippen LogP contribution is -2.60. The number of alkyl carbamates (subject to hydrolysis) is 1. The summed E-state index contributed by atoms with van der Waals surface area (Å²) in [6.07, 6.45) is -0.586. The lowest BCUT2D eigenvalue weighted by Gasteiger charge is -2.43. The molecule has 2 amide bonds. The molecule has 174 valence electrons. The predicted molar refractivity (Wildman–Crippen MR) is 124 cm³/mol. The summed E-state index contributed by atoms with van der Waals surface area (Å²) >= 11 is 0. The maximum Gasteiger partial charge on any atom is 0.407 e. The Morgan fingerprint density at radius 3 is 2.09 bits per heavy atom. The minimum Gasteiger partial charge on any atom is -0.481 e. The zero-order valence-corrected chi connectivity index (χ0v) is 19.2. The smallest absolute Gasteiger partial charge is 0.407 e. The summed E-state index contributed by atoms with van der Waals surface area (Å²) in [7, 11) is 0. The number of ether oxygens (including phenoxy) is 1. The number of amides is 2. The standard InChI is InChI=1S/C26H30N2O5/c1-26(2,3)23(24(31)28-13-16(14-28)12-22(29)30)27-25(32)33-15-21-19-10-6-4-8-17(19)18-9-5-7-11-20(18)21/h4-11,16,21,23H,12-15H2,1-3H3,(H,27,32)(H,29,30)/t23-/m1/s1. The van der Waals surface area contributed by atoms with Gasteiger partial charge in [0.05, 0.1) is 6.42 Å². The number of hydrogen-bond acceptors (Lipinski definition) is 4. The SMILES string of the molecule is CC(C)(C)[C@H](NC(=O)OCC1c2ccccc2-c2ccccc21)C(=O)N1CC(CC(=O)O)C1. The van der Waals surface area contributed by atoms with Crippen molar-refractivity contribution in [1.82, 2.24) is 10.2 Å². The molecule has 0 unspecified atom stereocenters.